The van der Waals surface area contributed by atoms with Gasteiger partial charge in [-0.1, -0.05) is 30.8 Å². The van der Waals surface area contributed by atoms with Crippen molar-refractivity contribution in [2.75, 3.05) is 19.0 Å². The Kier molecular flexibility index (Phi) is 7.77. The molecule has 35 heavy (non-hydrogen) atoms. The van der Waals surface area contributed by atoms with Crippen LogP contribution in [0.1, 0.15) is 41.9 Å². The van der Waals surface area contributed by atoms with Crippen LogP contribution in [0.4, 0.5) is 10.5 Å². The molecule has 1 atom stereocenters. The van der Waals surface area contributed by atoms with Gasteiger partial charge in [0.15, 0.2) is 17.3 Å². The summed E-state index contributed by atoms with van der Waals surface area (Å²) in [6.45, 7) is 4.79. The van der Waals surface area contributed by atoms with Crippen molar-refractivity contribution in [1.29, 1.82) is 0 Å². The third-order valence-corrected chi connectivity index (χ3v) is 6.66. The van der Waals surface area contributed by atoms with Gasteiger partial charge in [-0.15, -0.1) is 0 Å². The van der Waals surface area contributed by atoms with E-state index in [2.05, 4.69) is 5.32 Å². The van der Waals surface area contributed by atoms with Gasteiger partial charge < -0.3 is 19.2 Å². The molecule has 1 aromatic heterocycles. The number of nitrogens with one attached hydrogen (secondary N) is 1. The molecule has 2 amide bonds. The van der Waals surface area contributed by atoms with Crippen molar-refractivity contribution in [1.82, 2.24) is 5.01 Å². The summed E-state index contributed by atoms with van der Waals surface area (Å²) in [6.07, 6.45) is 2.22. The highest BCUT2D eigenvalue weighted by atomic mass is 32.2. The molecule has 0 spiro atoms. The standard InChI is InChI=1S/C26H27N3O5S/c1-4-23-24(18-10-13-20(32-3)22(15-18)33-5-2)28-29(26(31)35-23)16-17-8-11-19(12-9-17)27-25(30)21-7-6-14-34-21/h6-15,23H,4-5,16H2,1-3H3,(H,27,30). The van der Waals surface area contributed by atoms with Gasteiger partial charge in [0.25, 0.3) is 5.91 Å². The average Bonchev–Trinajstić information content (AvgIpc) is 3.42. The van der Waals surface area contributed by atoms with Crippen LogP contribution in [0.15, 0.2) is 70.4 Å². The predicted octanol–water partition coefficient (Wildman–Crippen LogP) is 5.79. The summed E-state index contributed by atoms with van der Waals surface area (Å²) in [5.74, 6) is 1.21. The van der Waals surface area contributed by atoms with E-state index in [1.807, 2.05) is 44.2 Å². The maximum atomic E-state index is 12.8. The Morgan fingerprint density at radius 3 is 2.60 bits per heavy atom. The zero-order chi connectivity index (χ0) is 24.8. The normalized spacial score (nSPS) is 15.5. The van der Waals surface area contributed by atoms with Gasteiger partial charge in [-0.3, -0.25) is 9.59 Å². The van der Waals surface area contributed by atoms with E-state index in [0.717, 1.165) is 23.3 Å². The fourth-order valence-corrected chi connectivity index (χ4v) is 4.60. The second-order valence-electron chi connectivity index (χ2n) is 7.75. The van der Waals surface area contributed by atoms with Gasteiger partial charge in [0, 0.05) is 11.3 Å². The Labute approximate surface area is 208 Å². The number of benzene rings is 2. The van der Waals surface area contributed by atoms with Crippen molar-refractivity contribution in [3.63, 3.8) is 0 Å². The molecule has 1 N–H and O–H groups in total. The van der Waals surface area contributed by atoms with E-state index in [0.29, 0.717) is 30.3 Å². The van der Waals surface area contributed by atoms with E-state index >= 15 is 0 Å². The number of hydrazone groups is 1. The van der Waals surface area contributed by atoms with E-state index in [-0.39, 0.29) is 22.2 Å². The lowest BCUT2D eigenvalue weighted by atomic mass is 10.0. The summed E-state index contributed by atoms with van der Waals surface area (Å²) in [5.41, 5.74) is 3.23. The maximum absolute atomic E-state index is 12.8. The number of hydrogen-bond donors (Lipinski definition) is 1. The molecular formula is C26H27N3O5S. The molecule has 3 aromatic rings. The third-order valence-electron chi connectivity index (χ3n) is 5.41. The summed E-state index contributed by atoms with van der Waals surface area (Å²) in [4.78, 5) is 25.0. The molecule has 4 rings (SSSR count). The van der Waals surface area contributed by atoms with Crippen molar-refractivity contribution < 1.29 is 23.5 Å². The first-order chi connectivity index (χ1) is 17.0. The van der Waals surface area contributed by atoms with Gasteiger partial charge in [0.05, 0.1) is 37.5 Å². The second-order valence-corrected chi connectivity index (χ2v) is 8.90. The monoisotopic (exact) mass is 493 g/mol. The lowest BCUT2D eigenvalue weighted by Gasteiger charge is -2.28. The minimum absolute atomic E-state index is 0.0548. The number of furan rings is 1. The summed E-state index contributed by atoms with van der Waals surface area (Å²) in [5, 5.41) is 8.85. The first-order valence-corrected chi connectivity index (χ1v) is 12.2. The van der Waals surface area contributed by atoms with E-state index in [9.17, 15) is 9.59 Å². The third kappa shape index (κ3) is 5.68. The van der Waals surface area contributed by atoms with Gasteiger partial charge in [0.2, 0.25) is 0 Å². The Bertz CT molecular complexity index is 1210. The molecular weight excluding hydrogens is 466 g/mol. The highest BCUT2D eigenvalue weighted by Gasteiger charge is 2.30. The lowest BCUT2D eigenvalue weighted by molar-refractivity contribution is 0.0996. The molecule has 9 heteroatoms. The molecule has 0 bridgehead atoms. The van der Waals surface area contributed by atoms with Crippen LogP contribution in [0.25, 0.3) is 0 Å². The smallest absolute Gasteiger partial charge is 0.302 e. The summed E-state index contributed by atoms with van der Waals surface area (Å²) < 4.78 is 16.2. The van der Waals surface area contributed by atoms with Gasteiger partial charge in [-0.25, -0.2) is 5.01 Å². The van der Waals surface area contributed by atoms with Crippen LogP contribution in [0.2, 0.25) is 0 Å². The van der Waals surface area contributed by atoms with Gasteiger partial charge >= 0.3 is 5.24 Å². The largest absolute Gasteiger partial charge is 0.493 e. The minimum Gasteiger partial charge on any atom is -0.493 e. The summed E-state index contributed by atoms with van der Waals surface area (Å²) in [6, 6.07) is 16.3. The Morgan fingerprint density at radius 1 is 1.14 bits per heavy atom. The number of anilines is 1. The topological polar surface area (TPSA) is 93.4 Å². The van der Waals surface area contributed by atoms with Crippen LogP contribution in [0.5, 0.6) is 11.5 Å². The molecule has 0 radical (unpaired) electrons. The van der Waals surface area contributed by atoms with Crippen molar-refractivity contribution >= 4 is 34.3 Å². The molecule has 0 fully saturated rings. The molecule has 8 nitrogen and oxygen atoms in total. The van der Waals surface area contributed by atoms with Crippen LogP contribution < -0.4 is 14.8 Å². The Hall–Kier alpha value is -3.72. The highest BCUT2D eigenvalue weighted by molar-refractivity contribution is 8.14. The number of ether oxygens (including phenoxy) is 2. The van der Waals surface area contributed by atoms with Crippen molar-refractivity contribution in [3.05, 3.63) is 77.7 Å². The second kappa shape index (κ2) is 11.1. The molecule has 182 valence electrons. The Morgan fingerprint density at radius 2 is 1.94 bits per heavy atom. The SMILES string of the molecule is CCOc1cc(C2=NN(Cc3ccc(NC(=O)c4ccco4)cc3)C(=O)SC2CC)ccc1OC. The fraction of sp³-hybridized carbons (Fsp3) is 0.269. The molecule has 1 aliphatic rings. The number of nitrogens with zero attached hydrogens (tertiary/aromatic N) is 2. The van der Waals surface area contributed by atoms with E-state index in [1.165, 1.54) is 23.0 Å². The predicted molar refractivity (Wildman–Crippen MR) is 136 cm³/mol. The quantitative estimate of drug-likeness (QED) is 0.405. The number of methoxy groups -OCH3 is 1. The van der Waals surface area contributed by atoms with Crippen LogP contribution in [-0.4, -0.2) is 40.8 Å². The van der Waals surface area contributed by atoms with E-state index < -0.39 is 0 Å². The average molecular weight is 494 g/mol. The zero-order valence-electron chi connectivity index (χ0n) is 19.8. The van der Waals surface area contributed by atoms with Gasteiger partial charge in [-0.2, -0.15) is 5.10 Å². The molecule has 2 aromatic carbocycles. The molecule has 1 aliphatic heterocycles. The Balaban J connectivity index is 1.53. The lowest BCUT2D eigenvalue weighted by Crippen LogP contribution is -2.34. The molecule has 2 heterocycles. The number of thioether (sulfide) groups is 1. The molecule has 0 saturated carbocycles. The van der Waals surface area contributed by atoms with E-state index in [1.54, 1.807) is 31.4 Å². The van der Waals surface area contributed by atoms with Crippen LogP contribution in [-0.2, 0) is 6.54 Å². The van der Waals surface area contributed by atoms with Crippen molar-refractivity contribution in [2.24, 2.45) is 5.10 Å². The first-order valence-electron chi connectivity index (χ1n) is 11.3. The number of amides is 2. The van der Waals surface area contributed by atoms with Crippen LogP contribution >= 0.6 is 11.8 Å². The minimum atomic E-state index is -0.323. The number of hydrogen-bond acceptors (Lipinski definition) is 7. The van der Waals surface area contributed by atoms with Gasteiger partial charge in [0.1, 0.15) is 0 Å². The summed E-state index contributed by atoms with van der Waals surface area (Å²) in [7, 11) is 1.61. The van der Waals surface area contributed by atoms with Crippen molar-refractivity contribution in [2.45, 2.75) is 32.1 Å². The van der Waals surface area contributed by atoms with Crippen LogP contribution in [0.3, 0.4) is 0 Å². The number of carbonyl (C=O) groups excluding carboxylic acids is 2. The molecule has 0 saturated heterocycles. The fourth-order valence-electron chi connectivity index (χ4n) is 3.67. The first kappa shape index (κ1) is 24.4. The zero-order valence-corrected chi connectivity index (χ0v) is 20.6. The van der Waals surface area contributed by atoms with Crippen LogP contribution in [0, 0.1) is 0 Å². The molecule has 0 aliphatic carbocycles. The van der Waals surface area contributed by atoms with E-state index in [4.69, 9.17) is 19.0 Å². The molecule has 1 unspecified atom stereocenters. The number of carbonyl (C=O) groups is 2. The number of rotatable bonds is 9. The van der Waals surface area contributed by atoms with Gasteiger partial charge in [-0.05, 0) is 61.4 Å². The highest BCUT2D eigenvalue weighted by Crippen LogP contribution is 2.34. The van der Waals surface area contributed by atoms with Crippen molar-refractivity contribution in [3.8, 4) is 11.5 Å². The maximum Gasteiger partial charge on any atom is 0.302 e. The summed E-state index contributed by atoms with van der Waals surface area (Å²) >= 11 is 1.27.